The van der Waals surface area contributed by atoms with Gasteiger partial charge < -0.3 is 15.4 Å². The average molecular weight is 383 g/mol. The summed E-state index contributed by atoms with van der Waals surface area (Å²) in [6, 6.07) is 6.38. The lowest BCUT2D eigenvalue weighted by molar-refractivity contribution is -0.140. The smallest absolute Gasteiger partial charge is 0.309 e. The van der Waals surface area contributed by atoms with Crippen molar-refractivity contribution in [2.45, 2.75) is 44.4 Å². The van der Waals surface area contributed by atoms with Gasteiger partial charge in [-0.15, -0.1) is 0 Å². The molecule has 2 amide bonds. The Balaban J connectivity index is 2.08. The predicted molar refractivity (Wildman–Crippen MR) is 95.7 cm³/mol. The van der Waals surface area contributed by atoms with E-state index in [1.165, 1.54) is 4.31 Å². The van der Waals surface area contributed by atoms with Crippen molar-refractivity contribution >= 4 is 21.8 Å². The normalized spacial score (nSPS) is 18.5. The Morgan fingerprint density at radius 3 is 2.50 bits per heavy atom. The summed E-state index contributed by atoms with van der Waals surface area (Å²) < 4.78 is 32.5. The van der Waals surface area contributed by atoms with Crippen LogP contribution in [0.1, 0.15) is 25.8 Å². The molecule has 0 saturated carbocycles. The van der Waals surface area contributed by atoms with Crippen molar-refractivity contribution < 1.29 is 22.7 Å². The Hall–Kier alpha value is -1.97. The molecular weight excluding hydrogens is 358 g/mol. The molecule has 0 bridgehead atoms. The van der Waals surface area contributed by atoms with Crippen molar-refractivity contribution in [2.24, 2.45) is 0 Å². The van der Waals surface area contributed by atoms with E-state index in [-0.39, 0.29) is 24.0 Å². The number of aryl methyl sites for hydroxylation is 1. The molecule has 144 valence electrons. The first-order valence-electron chi connectivity index (χ1n) is 8.50. The molecule has 1 aliphatic rings. The van der Waals surface area contributed by atoms with Crippen LogP contribution in [-0.4, -0.2) is 56.5 Å². The zero-order valence-corrected chi connectivity index (χ0v) is 16.0. The Labute approximate surface area is 153 Å². The second-order valence-electron chi connectivity index (χ2n) is 6.45. The van der Waals surface area contributed by atoms with E-state index in [0.717, 1.165) is 5.56 Å². The van der Waals surface area contributed by atoms with E-state index in [9.17, 15) is 18.0 Å². The minimum atomic E-state index is -3.76. The number of nitrogens with zero attached hydrogens (tertiary/aromatic N) is 1. The van der Waals surface area contributed by atoms with Gasteiger partial charge in [-0.3, -0.25) is 9.59 Å². The maximum atomic E-state index is 12.9. The lowest BCUT2D eigenvalue weighted by atomic mass is 10.2. The molecular formula is C17H25N3O5S. The number of ether oxygens (including phenoxy) is 1. The highest BCUT2D eigenvalue weighted by atomic mass is 32.2. The second kappa shape index (κ2) is 8.61. The molecule has 9 heteroatoms. The van der Waals surface area contributed by atoms with Crippen molar-refractivity contribution in [2.75, 3.05) is 19.7 Å². The van der Waals surface area contributed by atoms with E-state index in [0.29, 0.717) is 13.0 Å². The lowest BCUT2D eigenvalue weighted by Crippen LogP contribution is -2.53. The molecule has 0 spiro atoms. The maximum Gasteiger partial charge on any atom is 0.309 e. The number of hydrogen-bond acceptors (Lipinski definition) is 5. The first-order valence-corrected chi connectivity index (χ1v) is 9.94. The van der Waals surface area contributed by atoms with E-state index >= 15 is 0 Å². The van der Waals surface area contributed by atoms with Crippen molar-refractivity contribution in [1.82, 2.24) is 14.9 Å². The van der Waals surface area contributed by atoms with Crippen LogP contribution in [0.5, 0.6) is 0 Å². The number of carbonyl (C=O) groups excluding carboxylic acids is 2. The van der Waals surface area contributed by atoms with Crippen LogP contribution in [0.25, 0.3) is 0 Å². The number of carbonyl (C=O) groups is 2. The fraction of sp³-hybridized carbons (Fsp3) is 0.529. The number of nitrogens with one attached hydrogen (secondary N) is 2. The third-order valence-corrected chi connectivity index (χ3v) is 5.75. The topological polar surface area (TPSA) is 105 Å². The van der Waals surface area contributed by atoms with Gasteiger partial charge >= 0.3 is 11.8 Å². The predicted octanol–water partition coefficient (Wildman–Crippen LogP) is 0.373. The van der Waals surface area contributed by atoms with Crippen molar-refractivity contribution in [1.29, 1.82) is 0 Å². The lowest BCUT2D eigenvalue weighted by Gasteiger charge is -2.34. The van der Waals surface area contributed by atoms with Gasteiger partial charge in [0.15, 0.2) is 0 Å². The summed E-state index contributed by atoms with van der Waals surface area (Å²) in [5.41, 5.74) is 0.957. The summed E-state index contributed by atoms with van der Waals surface area (Å²) in [5, 5.41) is 4.92. The summed E-state index contributed by atoms with van der Waals surface area (Å²) in [7, 11) is -3.76. The van der Waals surface area contributed by atoms with E-state index in [4.69, 9.17) is 4.74 Å². The van der Waals surface area contributed by atoms with Gasteiger partial charge in [0.2, 0.25) is 10.0 Å². The third kappa shape index (κ3) is 5.03. The fourth-order valence-corrected chi connectivity index (χ4v) is 4.10. The number of rotatable bonds is 5. The van der Waals surface area contributed by atoms with Crippen LogP contribution >= 0.6 is 0 Å². The molecule has 1 heterocycles. The maximum absolute atomic E-state index is 12.9. The molecule has 0 radical (unpaired) electrons. The standard InChI is InChI=1S/C17H25N3O5S/c1-12(2)19-17(22)16(21)18-11-15-20(9-4-10-25-15)26(23,24)14-7-5-13(3)6-8-14/h5-8,12,15H,4,9-11H2,1-3H3,(H,18,21)(H,19,22). The zero-order valence-electron chi connectivity index (χ0n) is 15.2. The first-order chi connectivity index (χ1) is 12.2. The highest BCUT2D eigenvalue weighted by Gasteiger charge is 2.34. The molecule has 1 unspecified atom stereocenters. The van der Waals surface area contributed by atoms with E-state index in [1.807, 2.05) is 6.92 Å². The summed E-state index contributed by atoms with van der Waals surface area (Å²) in [6.45, 7) is 5.93. The zero-order chi connectivity index (χ0) is 19.3. The van der Waals surface area contributed by atoms with Crippen molar-refractivity contribution in [3.8, 4) is 0 Å². The van der Waals surface area contributed by atoms with Crippen LogP contribution in [0.2, 0.25) is 0 Å². The molecule has 2 N–H and O–H groups in total. The molecule has 1 aromatic carbocycles. The van der Waals surface area contributed by atoms with Gasteiger partial charge in [0, 0.05) is 12.6 Å². The minimum absolute atomic E-state index is 0.102. The molecule has 1 saturated heterocycles. The van der Waals surface area contributed by atoms with E-state index < -0.39 is 28.1 Å². The SMILES string of the molecule is Cc1ccc(S(=O)(=O)N2CCCOC2CNC(=O)C(=O)NC(C)C)cc1. The highest BCUT2D eigenvalue weighted by Crippen LogP contribution is 2.22. The quantitative estimate of drug-likeness (QED) is 0.715. The Bertz CT molecular complexity index is 746. The average Bonchev–Trinajstić information content (AvgIpc) is 2.59. The minimum Gasteiger partial charge on any atom is -0.360 e. The third-order valence-electron chi connectivity index (χ3n) is 3.85. The first kappa shape index (κ1) is 20.3. The molecule has 26 heavy (non-hydrogen) atoms. The van der Waals surface area contributed by atoms with Gasteiger partial charge in [-0.25, -0.2) is 8.42 Å². The Morgan fingerprint density at radius 2 is 1.88 bits per heavy atom. The molecule has 1 fully saturated rings. The molecule has 1 aliphatic heterocycles. The van der Waals surface area contributed by atoms with Gasteiger partial charge in [-0.1, -0.05) is 17.7 Å². The van der Waals surface area contributed by atoms with Gasteiger partial charge in [0.25, 0.3) is 0 Å². The monoisotopic (exact) mass is 383 g/mol. The van der Waals surface area contributed by atoms with Gasteiger partial charge in [0.1, 0.15) is 6.23 Å². The van der Waals surface area contributed by atoms with Crippen molar-refractivity contribution in [3.05, 3.63) is 29.8 Å². The Kier molecular flexibility index (Phi) is 6.74. The van der Waals surface area contributed by atoms with Gasteiger partial charge in [-0.2, -0.15) is 4.31 Å². The van der Waals surface area contributed by atoms with Gasteiger partial charge in [-0.05, 0) is 39.3 Å². The van der Waals surface area contributed by atoms with Crippen LogP contribution in [0, 0.1) is 6.92 Å². The summed E-state index contributed by atoms with van der Waals surface area (Å²) in [5.74, 6) is -1.58. The van der Waals surface area contributed by atoms with Crippen LogP contribution in [0.4, 0.5) is 0 Å². The fourth-order valence-electron chi connectivity index (χ4n) is 2.54. The number of benzene rings is 1. The highest BCUT2D eigenvalue weighted by molar-refractivity contribution is 7.89. The molecule has 8 nitrogen and oxygen atoms in total. The molecule has 1 atom stereocenters. The molecule has 0 aromatic heterocycles. The molecule has 0 aliphatic carbocycles. The number of sulfonamides is 1. The largest absolute Gasteiger partial charge is 0.360 e. The summed E-state index contributed by atoms with van der Waals surface area (Å²) >= 11 is 0. The van der Waals surface area contributed by atoms with Gasteiger partial charge in [0.05, 0.1) is 18.0 Å². The van der Waals surface area contributed by atoms with Crippen LogP contribution < -0.4 is 10.6 Å². The van der Waals surface area contributed by atoms with Crippen LogP contribution in [0.15, 0.2) is 29.2 Å². The second-order valence-corrected chi connectivity index (χ2v) is 8.34. The van der Waals surface area contributed by atoms with Crippen LogP contribution in [-0.2, 0) is 24.3 Å². The van der Waals surface area contributed by atoms with Crippen molar-refractivity contribution in [3.63, 3.8) is 0 Å². The van der Waals surface area contributed by atoms with E-state index in [2.05, 4.69) is 10.6 Å². The number of amides is 2. The van der Waals surface area contributed by atoms with Crippen LogP contribution in [0.3, 0.4) is 0 Å². The molecule has 2 rings (SSSR count). The summed E-state index contributed by atoms with van der Waals surface area (Å²) in [6.07, 6.45) is -0.297. The van der Waals surface area contributed by atoms with E-state index in [1.54, 1.807) is 38.1 Å². The Morgan fingerprint density at radius 1 is 1.23 bits per heavy atom. The summed E-state index contributed by atoms with van der Waals surface area (Å²) in [4.78, 5) is 23.7. The molecule has 1 aromatic rings. The number of hydrogen-bond donors (Lipinski definition) is 2.